The van der Waals surface area contributed by atoms with Crippen molar-refractivity contribution in [3.05, 3.63) is 119 Å². The van der Waals surface area contributed by atoms with Gasteiger partial charge < -0.3 is 15.2 Å². The van der Waals surface area contributed by atoms with Crippen molar-refractivity contribution in [3.63, 3.8) is 0 Å². The van der Waals surface area contributed by atoms with Gasteiger partial charge in [-0.1, -0.05) is 103 Å². The van der Waals surface area contributed by atoms with Gasteiger partial charge in [0, 0.05) is 22.9 Å². The van der Waals surface area contributed by atoms with Gasteiger partial charge in [0.25, 0.3) is 0 Å². The second-order valence-electron chi connectivity index (χ2n) is 8.74. The average molecular weight is 498 g/mol. The quantitative estimate of drug-likeness (QED) is 0.304. The molecule has 2 N–H and O–H groups in total. The summed E-state index contributed by atoms with van der Waals surface area (Å²) in [5.74, 6) is -1.22. The van der Waals surface area contributed by atoms with Crippen LogP contribution in [0, 0.1) is 0 Å². The van der Waals surface area contributed by atoms with Crippen LogP contribution < -0.4 is 5.32 Å². The second-order valence-corrected chi connectivity index (χ2v) is 9.15. The number of rotatable bonds is 7. The Morgan fingerprint density at radius 2 is 1.36 bits per heavy atom. The molecule has 5 nitrogen and oxygen atoms in total. The van der Waals surface area contributed by atoms with Crippen LogP contribution in [0.5, 0.6) is 0 Å². The number of benzene rings is 4. The minimum atomic E-state index is -1.13. The van der Waals surface area contributed by atoms with E-state index < -0.39 is 18.1 Å². The highest BCUT2D eigenvalue weighted by molar-refractivity contribution is 6.33. The van der Waals surface area contributed by atoms with Crippen molar-refractivity contribution in [3.8, 4) is 22.3 Å². The minimum Gasteiger partial charge on any atom is -0.480 e. The minimum absolute atomic E-state index is 0.0937. The smallest absolute Gasteiger partial charge is 0.407 e. The van der Waals surface area contributed by atoms with Crippen LogP contribution >= 0.6 is 11.6 Å². The number of carbonyl (C=O) groups is 2. The lowest BCUT2D eigenvalue weighted by Crippen LogP contribution is -2.42. The molecule has 1 amide bonds. The van der Waals surface area contributed by atoms with Crippen LogP contribution in [0.15, 0.2) is 97.1 Å². The van der Waals surface area contributed by atoms with Crippen LogP contribution in [-0.4, -0.2) is 29.8 Å². The number of fused-ring (bicyclic) bond motifs is 3. The van der Waals surface area contributed by atoms with Gasteiger partial charge in [-0.2, -0.15) is 0 Å². The van der Waals surface area contributed by atoms with Gasteiger partial charge >= 0.3 is 12.1 Å². The lowest BCUT2D eigenvalue weighted by Gasteiger charge is -2.18. The molecule has 0 radical (unpaired) electrons. The fourth-order valence-corrected chi connectivity index (χ4v) is 4.98. The van der Waals surface area contributed by atoms with Gasteiger partial charge in [0.1, 0.15) is 12.6 Å². The number of nitrogens with one attached hydrogen (secondary N) is 1. The Hall–Kier alpha value is -4.09. The summed E-state index contributed by atoms with van der Waals surface area (Å²) in [7, 11) is 0. The number of carbonyl (C=O) groups excluding carboxylic acids is 1. The summed E-state index contributed by atoms with van der Waals surface area (Å²) in [4.78, 5) is 24.5. The zero-order valence-electron chi connectivity index (χ0n) is 19.4. The third kappa shape index (κ3) is 4.83. The van der Waals surface area contributed by atoms with Crippen molar-refractivity contribution in [1.29, 1.82) is 0 Å². The molecular formula is C30H24ClNO4. The van der Waals surface area contributed by atoms with Crippen LogP contribution in [-0.2, 0) is 16.0 Å². The third-order valence-electron chi connectivity index (χ3n) is 6.51. The molecule has 180 valence electrons. The van der Waals surface area contributed by atoms with Gasteiger partial charge in [-0.15, -0.1) is 0 Å². The summed E-state index contributed by atoms with van der Waals surface area (Å²) in [6.07, 6.45) is -0.626. The van der Waals surface area contributed by atoms with Crippen molar-refractivity contribution in [1.82, 2.24) is 5.32 Å². The Kier molecular flexibility index (Phi) is 6.74. The zero-order valence-corrected chi connectivity index (χ0v) is 20.1. The first-order chi connectivity index (χ1) is 17.5. The zero-order chi connectivity index (χ0) is 25.1. The molecule has 6 heteroatoms. The fraction of sp³-hybridized carbons (Fsp3) is 0.133. The van der Waals surface area contributed by atoms with Crippen molar-refractivity contribution < 1.29 is 19.4 Å². The summed E-state index contributed by atoms with van der Waals surface area (Å²) in [6, 6.07) is 30.0. The van der Waals surface area contributed by atoms with E-state index in [9.17, 15) is 14.7 Å². The van der Waals surface area contributed by atoms with E-state index in [1.54, 1.807) is 0 Å². The van der Waals surface area contributed by atoms with Crippen molar-refractivity contribution in [2.45, 2.75) is 18.4 Å². The number of alkyl carbamates (subject to hydrolysis) is 1. The maximum atomic E-state index is 12.6. The molecule has 0 aromatic heterocycles. The summed E-state index contributed by atoms with van der Waals surface area (Å²) >= 11 is 6.28. The predicted molar refractivity (Wildman–Crippen MR) is 140 cm³/mol. The normalized spacial score (nSPS) is 12.9. The highest BCUT2D eigenvalue weighted by Crippen LogP contribution is 2.44. The Morgan fingerprint density at radius 3 is 1.94 bits per heavy atom. The van der Waals surface area contributed by atoms with E-state index in [0.29, 0.717) is 5.02 Å². The number of carboxylic acid groups (broad SMARTS) is 1. The van der Waals surface area contributed by atoms with Gasteiger partial charge in [-0.3, -0.25) is 0 Å². The first-order valence-electron chi connectivity index (χ1n) is 11.7. The van der Waals surface area contributed by atoms with E-state index >= 15 is 0 Å². The maximum Gasteiger partial charge on any atom is 0.407 e. The molecule has 0 saturated heterocycles. The Labute approximate surface area is 214 Å². The maximum absolute atomic E-state index is 12.6. The summed E-state index contributed by atoms with van der Waals surface area (Å²) in [6.45, 7) is 0.124. The van der Waals surface area contributed by atoms with Gasteiger partial charge in [0.2, 0.25) is 0 Å². The van der Waals surface area contributed by atoms with Crippen molar-refractivity contribution in [2.75, 3.05) is 6.61 Å². The summed E-state index contributed by atoms with van der Waals surface area (Å²) in [5.41, 5.74) is 7.06. The molecule has 0 unspecified atom stereocenters. The van der Waals surface area contributed by atoms with Crippen LogP contribution in [0.25, 0.3) is 22.3 Å². The molecule has 5 rings (SSSR count). The molecule has 0 bridgehead atoms. The standard InChI is InChI=1S/C30H24ClNO4/c31-27-12-6-5-7-21(27)20-15-13-19(14-16-20)17-28(29(33)34)32-30(35)36-18-26-24-10-3-1-8-22(24)23-9-2-4-11-25(23)26/h1-16,26,28H,17-18H2,(H,32,35)(H,33,34)/t28-/m0/s1. The van der Waals surface area contributed by atoms with E-state index in [0.717, 1.165) is 38.9 Å². The Balaban J connectivity index is 1.23. The lowest BCUT2D eigenvalue weighted by molar-refractivity contribution is -0.139. The number of hydrogen-bond acceptors (Lipinski definition) is 3. The van der Waals surface area contributed by atoms with E-state index in [4.69, 9.17) is 16.3 Å². The van der Waals surface area contributed by atoms with Gasteiger partial charge in [-0.25, -0.2) is 9.59 Å². The molecule has 4 aromatic rings. The highest BCUT2D eigenvalue weighted by atomic mass is 35.5. The molecular weight excluding hydrogens is 474 g/mol. The Morgan fingerprint density at radius 1 is 0.806 bits per heavy atom. The number of halogens is 1. The van der Waals surface area contributed by atoms with Crippen LogP contribution in [0.1, 0.15) is 22.6 Å². The molecule has 0 saturated carbocycles. The molecule has 0 fully saturated rings. The molecule has 36 heavy (non-hydrogen) atoms. The average Bonchev–Trinajstić information content (AvgIpc) is 3.21. The van der Waals surface area contributed by atoms with Gasteiger partial charge in [0.05, 0.1) is 0 Å². The molecule has 1 atom stereocenters. The van der Waals surface area contributed by atoms with Crippen molar-refractivity contribution in [2.24, 2.45) is 0 Å². The highest BCUT2D eigenvalue weighted by Gasteiger charge is 2.29. The third-order valence-corrected chi connectivity index (χ3v) is 6.84. The molecule has 0 spiro atoms. The van der Waals surface area contributed by atoms with E-state index in [1.165, 1.54) is 0 Å². The first kappa shape index (κ1) is 23.6. The number of amides is 1. The number of aliphatic carboxylic acids is 1. The molecule has 4 aromatic carbocycles. The number of carboxylic acids is 1. The molecule has 1 aliphatic rings. The number of hydrogen-bond donors (Lipinski definition) is 2. The first-order valence-corrected chi connectivity index (χ1v) is 12.1. The molecule has 0 aliphatic heterocycles. The van der Waals surface area contributed by atoms with Gasteiger partial charge in [0.15, 0.2) is 0 Å². The van der Waals surface area contributed by atoms with Crippen LogP contribution in [0.4, 0.5) is 4.79 Å². The van der Waals surface area contributed by atoms with Crippen LogP contribution in [0.2, 0.25) is 5.02 Å². The second kappa shape index (κ2) is 10.3. The fourth-order valence-electron chi connectivity index (χ4n) is 4.73. The van der Waals surface area contributed by atoms with Gasteiger partial charge in [-0.05, 0) is 39.4 Å². The number of ether oxygens (including phenoxy) is 1. The monoisotopic (exact) mass is 497 g/mol. The predicted octanol–water partition coefficient (Wildman–Crippen LogP) is 6.54. The summed E-state index contributed by atoms with van der Waals surface area (Å²) < 4.78 is 5.52. The summed E-state index contributed by atoms with van der Waals surface area (Å²) in [5, 5.41) is 12.9. The van der Waals surface area contributed by atoms with Crippen molar-refractivity contribution >= 4 is 23.7 Å². The lowest BCUT2D eigenvalue weighted by atomic mass is 9.98. The topological polar surface area (TPSA) is 75.6 Å². The van der Waals surface area contributed by atoms with E-state index in [-0.39, 0.29) is 18.9 Å². The van der Waals surface area contributed by atoms with E-state index in [2.05, 4.69) is 17.4 Å². The Bertz CT molecular complexity index is 1370. The molecule has 0 heterocycles. The SMILES string of the molecule is O=C(N[C@@H](Cc1ccc(-c2ccccc2Cl)cc1)C(=O)O)OCC1c2ccccc2-c2ccccc21. The molecule has 1 aliphatic carbocycles. The largest absolute Gasteiger partial charge is 0.480 e. The van der Waals surface area contributed by atoms with Crippen LogP contribution in [0.3, 0.4) is 0 Å². The van der Waals surface area contributed by atoms with E-state index in [1.807, 2.05) is 84.9 Å².